The van der Waals surface area contributed by atoms with E-state index in [1.807, 2.05) is 0 Å². The number of carboxylic acids is 1. The molecule has 3 N–H and O–H groups in total. The number of carbonyl (C=O) groups is 1. The van der Waals surface area contributed by atoms with E-state index in [1.54, 1.807) is 36.4 Å². The molecule has 0 aliphatic heterocycles. The summed E-state index contributed by atoms with van der Waals surface area (Å²) in [5.74, 6) is -0.786. The first kappa shape index (κ1) is 15.5. The first-order chi connectivity index (χ1) is 11.5. The van der Waals surface area contributed by atoms with Crippen molar-refractivity contribution in [3.63, 3.8) is 0 Å². The van der Waals surface area contributed by atoms with Crippen molar-refractivity contribution in [1.29, 1.82) is 0 Å². The van der Waals surface area contributed by atoms with E-state index >= 15 is 0 Å². The van der Waals surface area contributed by atoms with Gasteiger partial charge in [0, 0.05) is 5.39 Å². The van der Waals surface area contributed by atoms with Crippen LogP contribution in [-0.2, 0) is 0 Å². The quantitative estimate of drug-likeness (QED) is 0.675. The molecule has 0 bridgehead atoms. The van der Waals surface area contributed by atoms with E-state index in [-0.39, 0.29) is 16.9 Å². The number of phenolic OH excluding ortho intramolecular Hbond substituents is 1. The van der Waals surface area contributed by atoms with Gasteiger partial charge in [-0.3, -0.25) is 0 Å². The molecule has 0 unspecified atom stereocenters. The van der Waals surface area contributed by atoms with Crippen LogP contribution in [0.1, 0.15) is 21.7 Å². The molecule has 0 aliphatic carbocycles. The van der Waals surface area contributed by atoms with Crippen molar-refractivity contribution in [2.75, 3.05) is 7.11 Å². The van der Waals surface area contributed by atoms with Crippen LogP contribution in [0.4, 0.5) is 0 Å². The van der Waals surface area contributed by atoms with Gasteiger partial charge in [-0.05, 0) is 42.0 Å². The van der Waals surface area contributed by atoms with Crippen LogP contribution in [0.3, 0.4) is 0 Å². The molecule has 6 nitrogen and oxygen atoms in total. The number of furan rings is 1. The average Bonchev–Trinajstić information content (AvgIpc) is 2.97. The number of methoxy groups -OCH3 is 1. The fourth-order valence-electron chi connectivity index (χ4n) is 2.35. The first-order valence-corrected chi connectivity index (χ1v) is 7.03. The molecule has 6 heteroatoms. The van der Waals surface area contributed by atoms with Crippen LogP contribution in [-0.4, -0.2) is 28.4 Å². The predicted molar refractivity (Wildman–Crippen MR) is 88.4 cm³/mol. The summed E-state index contributed by atoms with van der Waals surface area (Å²) in [5, 5.41) is 29.3. The summed E-state index contributed by atoms with van der Waals surface area (Å²) >= 11 is 0. The number of hydrogen-bond donors (Lipinski definition) is 3. The normalized spacial score (nSPS) is 11.2. The minimum Gasteiger partial charge on any atom is -0.504 e. The van der Waals surface area contributed by atoms with Gasteiger partial charge >= 0.3 is 5.97 Å². The largest absolute Gasteiger partial charge is 0.504 e. The molecule has 24 heavy (non-hydrogen) atoms. The minimum atomic E-state index is -1.23. The number of hydrogen-bond acceptors (Lipinski definition) is 5. The van der Waals surface area contributed by atoms with Gasteiger partial charge in [0.1, 0.15) is 11.3 Å². The third-order valence-corrected chi connectivity index (χ3v) is 3.55. The van der Waals surface area contributed by atoms with Crippen molar-refractivity contribution in [3.8, 4) is 17.2 Å². The Morgan fingerprint density at radius 2 is 1.92 bits per heavy atom. The van der Waals surface area contributed by atoms with Gasteiger partial charge in [-0.1, -0.05) is 12.1 Å². The molecule has 0 saturated heterocycles. The van der Waals surface area contributed by atoms with Crippen molar-refractivity contribution >= 4 is 29.1 Å². The number of phenols is 2. The van der Waals surface area contributed by atoms with Crippen LogP contribution in [0.25, 0.3) is 23.1 Å². The van der Waals surface area contributed by atoms with Crippen LogP contribution in [0.2, 0.25) is 0 Å². The number of aromatic carboxylic acids is 1. The van der Waals surface area contributed by atoms with Crippen LogP contribution in [0, 0.1) is 0 Å². The van der Waals surface area contributed by atoms with E-state index in [0.717, 1.165) is 5.56 Å². The standard InChI is InChI=1S/C18H14O6/c1-23-15-7-3-10(8-14(15)19)2-5-12-9-11-4-6-13(18(21)22)16(20)17(11)24-12/h2-9,19-20H,1H3,(H,21,22)/b5-2+. The molecule has 0 saturated carbocycles. The summed E-state index contributed by atoms with van der Waals surface area (Å²) in [6, 6.07) is 9.51. The molecule has 1 heterocycles. The van der Waals surface area contributed by atoms with Gasteiger partial charge < -0.3 is 24.5 Å². The molecule has 0 amide bonds. The van der Waals surface area contributed by atoms with Gasteiger partial charge in [0.15, 0.2) is 22.8 Å². The molecule has 0 fully saturated rings. The molecular weight excluding hydrogens is 312 g/mol. The van der Waals surface area contributed by atoms with Gasteiger partial charge in [0.2, 0.25) is 0 Å². The zero-order chi connectivity index (χ0) is 17.3. The Bertz CT molecular complexity index is 952. The Hall–Kier alpha value is -3.41. The van der Waals surface area contributed by atoms with Crippen molar-refractivity contribution < 1.29 is 29.3 Å². The van der Waals surface area contributed by atoms with Crippen molar-refractivity contribution in [2.45, 2.75) is 0 Å². The van der Waals surface area contributed by atoms with Gasteiger partial charge in [-0.2, -0.15) is 0 Å². The predicted octanol–water partition coefficient (Wildman–Crippen LogP) is 3.72. The van der Waals surface area contributed by atoms with E-state index in [0.29, 0.717) is 16.9 Å². The maximum Gasteiger partial charge on any atom is 0.339 e. The highest BCUT2D eigenvalue weighted by molar-refractivity contribution is 5.98. The Labute approximate surface area is 136 Å². The summed E-state index contributed by atoms with van der Waals surface area (Å²) < 4.78 is 10.5. The van der Waals surface area contributed by atoms with E-state index < -0.39 is 11.7 Å². The van der Waals surface area contributed by atoms with E-state index in [2.05, 4.69) is 0 Å². The number of aromatic hydroxyl groups is 2. The van der Waals surface area contributed by atoms with E-state index in [1.165, 1.54) is 19.2 Å². The Balaban J connectivity index is 1.94. The molecule has 1 aromatic heterocycles. The van der Waals surface area contributed by atoms with E-state index in [9.17, 15) is 15.0 Å². The molecule has 0 atom stereocenters. The zero-order valence-electron chi connectivity index (χ0n) is 12.7. The Kier molecular flexibility index (Phi) is 3.87. The number of ether oxygens (including phenoxy) is 1. The fraction of sp³-hybridized carbons (Fsp3) is 0.0556. The zero-order valence-corrected chi connectivity index (χ0v) is 12.7. The molecule has 0 aliphatic rings. The molecule has 2 aromatic carbocycles. The van der Waals surface area contributed by atoms with Crippen LogP contribution in [0.15, 0.2) is 40.8 Å². The third-order valence-electron chi connectivity index (χ3n) is 3.55. The number of rotatable bonds is 4. The first-order valence-electron chi connectivity index (χ1n) is 7.03. The molecule has 3 aromatic rings. The lowest BCUT2D eigenvalue weighted by Crippen LogP contribution is -1.95. The second kappa shape index (κ2) is 6.00. The summed E-state index contributed by atoms with van der Waals surface area (Å²) in [7, 11) is 1.47. The minimum absolute atomic E-state index is 0.0213. The highest BCUT2D eigenvalue weighted by atomic mass is 16.5. The Morgan fingerprint density at radius 3 is 2.58 bits per heavy atom. The molecule has 3 rings (SSSR count). The van der Waals surface area contributed by atoms with E-state index in [4.69, 9.17) is 14.3 Å². The maximum atomic E-state index is 11.0. The summed E-state index contributed by atoms with van der Waals surface area (Å²) in [6.45, 7) is 0. The summed E-state index contributed by atoms with van der Waals surface area (Å²) in [5.41, 5.74) is 0.629. The smallest absolute Gasteiger partial charge is 0.339 e. The lowest BCUT2D eigenvalue weighted by Gasteiger charge is -2.02. The highest BCUT2D eigenvalue weighted by Gasteiger charge is 2.15. The monoisotopic (exact) mass is 326 g/mol. The van der Waals surface area contributed by atoms with Crippen molar-refractivity contribution in [2.24, 2.45) is 0 Å². The van der Waals surface area contributed by atoms with Crippen molar-refractivity contribution in [1.82, 2.24) is 0 Å². The Morgan fingerprint density at radius 1 is 1.12 bits per heavy atom. The second-order valence-corrected chi connectivity index (χ2v) is 5.10. The van der Waals surface area contributed by atoms with Gasteiger partial charge in [0.25, 0.3) is 0 Å². The lowest BCUT2D eigenvalue weighted by molar-refractivity contribution is 0.0694. The SMILES string of the molecule is COc1ccc(/C=C/c2cc3ccc(C(=O)O)c(O)c3o2)cc1O. The molecule has 0 radical (unpaired) electrons. The topological polar surface area (TPSA) is 100 Å². The highest BCUT2D eigenvalue weighted by Crippen LogP contribution is 2.32. The summed E-state index contributed by atoms with van der Waals surface area (Å²) in [4.78, 5) is 11.0. The van der Waals surface area contributed by atoms with Crippen LogP contribution < -0.4 is 4.74 Å². The van der Waals surface area contributed by atoms with Gasteiger partial charge in [0.05, 0.1) is 7.11 Å². The lowest BCUT2D eigenvalue weighted by atomic mass is 10.1. The van der Waals surface area contributed by atoms with Crippen molar-refractivity contribution in [3.05, 3.63) is 53.3 Å². The van der Waals surface area contributed by atoms with Crippen LogP contribution in [0.5, 0.6) is 17.2 Å². The molecular formula is C18H14O6. The number of carboxylic acid groups (broad SMARTS) is 1. The summed E-state index contributed by atoms with van der Waals surface area (Å²) in [6.07, 6.45) is 3.37. The number of benzene rings is 2. The van der Waals surface area contributed by atoms with Gasteiger partial charge in [-0.25, -0.2) is 4.79 Å². The second-order valence-electron chi connectivity index (χ2n) is 5.10. The molecule has 122 valence electrons. The maximum absolute atomic E-state index is 11.0. The number of fused-ring (bicyclic) bond motifs is 1. The van der Waals surface area contributed by atoms with Crippen LogP contribution >= 0.6 is 0 Å². The fourth-order valence-corrected chi connectivity index (χ4v) is 2.35. The average molecular weight is 326 g/mol. The third kappa shape index (κ3) is 2.77. The molecule has 0 spiro atoms. The van der Waals surface area contributed by atoms with Gasteiger partial charge in [-0.15, -0.1) is 0 Å².